The van der Waals surface area contributed by atoms with E-state index in [9.17, 15) is 0 Å². The molecule has 0 amide bonds. The van der Waals surface area contributed by atoms with Crippen molar-refractivity contribution in [3.8, 4) is 0 Å². The third-order valence-corrected chi connectivity index (χ3v) is 1.74. The average Bonchev–Trinajstić information content (AvgIpc) is 2.18. The van der Waals surface area contributed by atoms with E-state index in [0.29, 0.717) is 13.2 Å². The number of ether oxygens (including phenoxy) is 2. The molecule has 0 aromatic heterocycles. The van der Waals surface area contributed by atoms with E-state index in [-0.39, 0.29) is 12.9 Å². The third-order valence-electron chi connectivity index (χ3n) is 1.74. The van der Waals surface area contributed by atoms with E-state index in [1.54, 1.807) is 0 Å². The Hall–Kier alpha value is -0.380. The Kier molecular flexibility index (Phi) is 10.4. The summed E-state index contributed by atoms with van der Waals surface area (Å²) in [5, 5.41) is 8.54. The quantitative estimate of drug-likeness (QED) is 0.459. The van der Waals surface area contributed by atoms with Crippen molar-refractivity contribution in [3.05, 3.63) is 12.2 Å². The predicted octanol–water partition coefficient (Wildman–Crippen LogP) is 2.10. The summed E-state index contributed by atoms with van der Waals surface area (Å²) in [5.74, 6) is 0. The summed E-state index contributed by atoms with van der Waals surface area (Å²) in [5.41, 5.74) is 0. The molecule has 14 heavy (non-hydrogen) atoms. The van der Waals surface area contributed by atoms with Gasteiger partial charge in [0.25, 0.3) is 0 Å². The molecule has 0 spiro atoms. The monoisotopic (exact) mass is 202 g/mol. The van der Waals surface area contributed by atoms with Crippen molar-refractivity contribution in [1.82, 2.24) is 0 Å². The van der Waals surface area contributed by atoms with Crippen LogP contribution in [0.5, 0.6) is 0 Å². The first-order valence-electron chi connectivity index (χ1n) is 5.34. The van der Waals surface area contributed by atoms with Crippen LogP contribution in [0.2, 0.25) is 0 Å². The lowest BCUT2D eigenvalue weighted by Gasteiger charge is -2.15. The maximum absolute atomic E-state index is 8.54. The normalized spacial score (nSPS) is 11.7. The molecule has 0 fully saturated rings. The van der Waals surface area contributed by atoms with Crippen molar-refractivity contribution in [3.63, 3.8) is 0 Å². The number of rotatable bonds is 9. The Bertz CT molecular complexity index is 128. The summed E-state index contributed by atoms with van der Waals surface area (Å²) < 4.78 is 10.8. The molecule has 0 heterocycles. The van der Waals surface area contributed by atoms with E-state index in [4.69, 9.17) is 14.6 Å². The van der Waals surface area contributed by atoms with Crippen LogP contribution in [0.25, 0.3) is 0 Å². The predicted molar refractivity (Wildman–Crippen MR) is 57.1 cm³/mol. The van der Waals surface area contributed by atoms with E-state index in [2.05, 4.69) is 6.08 Å². The minimum atomic E-state index is -0.0798. The van der Waals surface area contributed by atoms with Gasteiger partial charge in [-0.15, -0.1) is 0 Å². The van der Waals surface area contributed by atoms with Gasteiger partial charge in [0.15, 0.2) is 6.29 Å². The zero-order chi connectivity index (χ0) is 10.6. The second-order valence-corrected chi connectivity index (χ2v) is 2.90. The maximum atomic E-state index is 8.54. The summed E-state index contributed by atoms with van der Waals surface area (Å²) in [4.78, 5) is 0. The van der Waals surface area contributed by atoms with Gasteiger partial charge in [0.05, 0.1) is 0 Å². The Labute approximate surface area is 86.7 Å². The Morgan fingerprint density at radius 3 is 2.14 bits per heavy atom. The highest BCUT2D eigenvalue weighted by Crippen LogP contribution is 2.05. The summed E-state index contributed by atoms with van der Waals surface area (Å²) in [7, 11) is 0. The number of hydrogen-bond donors (Lipinski definition) is 1. The molecule has 1 N–H and O–H groups in total. The van der Waals surface area contributed by atoms with Gasteiger partial charge in [-0.25, -0.2) is 0 Å². The maximum Gasteiger partial charge on any atom is 0.157 e. The summed E-state index contributed by atoms with van der Waals surface area (Å²) in [6.45, 7) is 5.52. The fraction of sp³-hybridized carbons (Fsp3) is 0.818. The summed E-state index contributed by atoms with van der Waals surface area (Å²) >= 11 is 0. The van der Waals surface area contributed by atoms with Crippen molar-refractivity contribution in [2.75, 3.05) is 19.8 Å². The molecule has 0 aromatic carbocycles. The highest BCUT2D eigenvalue weighted by Gasteiger charge is 2.05. The number of hydrogen-bond acceptors (Lipinski definition) is 3. The minimum absolute atomic E-state index is 0.0798. The Balaban J connectivity index is 3.48. The van der Waals surface area contributed by atoms with Crippen molar-refractivity contribution in [1.29, 1.82) is 0 Å². The van der Waals surface area contributed by atoms with Gasteiger partial charge in [0.1, 0.15) is 0 Å². The van der Waals surface area contributed by atoms with Gasteiger partial charge in [-0.2, -0.15) is 0 Å². The molecular formula is C11H22O3. The van der Waals surface area contributed by atoms with Crippen LogP contribution < -0.4 is 0 Å². The lowest BCUT2D eigenvalue weighted by molar-refractivity contribution is -0.138. The zero-order valence-electron chi connectivity index (χ0n) is 9.24. The van der Waals surface area contributed by atoms with Gasteiger partial charge in [-0.05, 0) is 26.7 Å². The van der Waals surface area contributed by atoms with Crippen molar-refractivity contribution >= 4 is 0 Å². The molecule has 3 nitrogen and oxygen atoms in total. The Morgan fingerprint density at radius 2 is 1.64 bits per heavy atom. The van der Waals surface area contributed by atoms with Crippen molar-refractivity contribution in [2.24, 2.45) is 0 Å². The topological polar surface area (TPSA) is 38.7 Å². The molecule has 0 atom stereocenters. The largest absolute Gasteiger partial charge is 0.396 e. The average molecular weight is 202 g/mol. The number of allylic oxidation sites excluding steroid dienone is 1. The molecule has 0 bridgehead atoms. The molecule has 0 aromatic rings. The van der Waals surface area contributed by atoms with E-state index in [1.807, 2.05) is 19.9 Å². The highest BCUT2D eigenvalue weighted by molar-refractivity contribution is 4.81. The second-order valence-electron chi connectivity index (χ2n) is 2.90. The molecule has 0 unspecified atom stereocenters. The summed E-state index contributed by atoms with van der Waals surface area (Å²) in [6.07, 6.45) is 6.50. The lowest BCUT2D eigenvalue weighted by Crippen LogP contribution is -2.16. The molecule has 0 saturated carbocycles. The molecule has 0 aliphatic carbocycles. The van der Waals surface area contributed by atoms with Gasteiger partial charge in [-0.1, -0.05) is 12.2 Å². The van der Waals surface area contributed by atoms with Crippen molar-refractivity contribution < 1.29 is 14.6 Å². The minimum Gasteiger partial charge on any atom is -0.396 e. The van der Waals surface area contributed by atoms with Crippen LogP contribution in [0, 0.1) is 0 Å². The van der Waals surface area contributed by atoms with Crippen LogP contribution in [0.4, 0.5) is 0 Å². The molecular weight excluding hydrogens is 180 g/mol. The molecule has 0 aliphatic rings. The molecule has 84 valence electrons. The van der Waals surface area contributed by atoms with Crippen LogP contribution in [-0.4, -0.2) is 31.2 Å². The zero-order valence-corrected chi connectivity index (χ0v) is 9.24. The third kappa shape index (κ3) is 8.23. The Morgan fingerprint density at radius 1 is 1.07 bits per heavy atom. The van der Waals surface area contributed by atoms with E-state index >= 15 is 0 Å². The van der Waals surface area contributed by atoms with Gasteiger partial charge in [0.2, 0.25) is 0 Å². The summed E-state index contributed by atoms with van der Waals surface area (Å²) in [6, 6.07) is 0. The fourth-order valence-corrected chi connectivity index (χ4v) is 1.13. The van der Waals surface area contributed by atoms with E-state index in [1.165, 1.54) is 0 Å². The molecule has 0 radical (unpaired) electrons. The number of aliphatic hydroxyl groups excluding tert-OH is 1. The first-order chi connectivity index (χ1) is 6.85. The van der Waals surface area contributed by atoms with Crippen molar-refractivity contribution in [2.45, 2.75) is 39.4 Å². The van der Waals surface area contributed by atoms with Crippen LogP contribution in [0.3, 0.4) is 0 Å². The lowest BCUT2D eigenvalue weighted by atomic mass is 10.2. The van der Waals surface area contributed by atoms with Gasteiger partial charge in [0, 0.05) is 26.2 Å². The molecule has 3 heteroatoms. The first-order valence-corrected chi connectivity index (χ1v) is 5.34. The van der Waals surface area contributed by atoms with Crippen LogP contribution in [0.15, 0.2) is 12.2 Å². The van der Waals surface area contributed by atoms with Crippen LogP contribution in [0.1, 0.15) is 33.1 Å². The SMILES string of the molecule is CCOC(CC/C=C/CCO)OCC. The van der Waals surface area contributed by atoms with E-state index in [0.717, 1.165) is 19.3 Å². The second kappa shape index (κ2) is 10.7. The fourth-order valence-electron chi connectivity index (χ4n) is 1.13. The smallest absolute Gasteiger partial charge is 0.157 e. The standard InChI is InChI=1S/C11H22O3/c1-3-13-11(14-4-2)9-7-5-6-8-10-12/h5-6,11-12H,3-4,7-10H2,1-2H3/b6-5+. The molecule has 0 saturated heterocycles. The van der Waals surface area contributed by atoms with Gasteiger partial charge < -0.3 is 14.6 Å². The van der Waals surface area contributed by atoms with Gasteiger partial charge >= 0.3 is 0 Å². The van der Waals surface area contributed by atoms with E-state index < -0.39 is 0 Å². The highest BCUT2D eigenvalue weighted by atomic mass is 16.7. The molecule has 0 aliphatic heterocycles. The van der Waals surface area contributed by atoms with Gasteiger partial charge in [-0.3, -0.25) is 0 Å². The van der Waals surface area contributed by atoms with Crippen LogP contribution >= 0.6 is 0 Å². The molecule has 0 rings (SSSR count). The van der Waals surface area contributed by atoms with Crippen LogP contribution in [-0.2, 0) is 9.47 Å². The first kappa shape index (κ1) is 13.6. The number of aliphatic hydroxyl groups is 1.